The van der Waals surface area contributed by atoms with E-state index in [1.54, 1.807) is 13.1 Å². The molecule has 17 heavy (non-hydrogen) atoms. The van der Waals surface area contributed by atoms with Crippen LogP contribution in [0.5, 0.6) is 0 Å². The van der Waals surface area contributed by atoms with Crippen LogP contribution in [0.3, 0.4) is 0 Å². The van der Waals surface area contributed by atoms with Crippen molar-refractivity contribution in [1.29, 1.82) is 0 Å². The van der Waals surface area contributed by atoms with Crippen LogP contribution in [0.1, 0.15) is 20.8 Å². The van der Waals surface area contributed by atoms with Crippen molar-refractivity contribution >= 4 is 12.7 Å². The van der Waals surface area contributed by atoms with Crippen molar-refractivity contribution in [2.45, 2.75) is 26.8 Å². The summed E-state index contributed by atoms with van der Waals surface area (Å²) in [6.07, 6.45) is 1.65. The second-order valence-corrected chi connectivity index (χ2v) is 3.98. The van der Waals surface area contributed by atoms with Gasteiger partial charge in [-0.05, 0) is 13.6 Å². The molecule has 0 saturated carbocycles. The number of hydrogen-bond acceptors (Lipinski definition) is 5. The van der Waals surface area contributed by atoms with E-state index in [0.29, 0.717) is 12.6 Å². The van der Waals surface area contributed by atoms with Crippen molar-refractivity contribution in [1.82, 2.24) is 10.2 Å². The Labute approximate surface area is 104 Å². The molecule has 0 bridgehead atoms. The predicted molar refractivity (Wildman–Crippen MR) is 70.0 cm³/mol. The molecule has 0 aliphatic carbocycles. The molecule has 0 unspecified atom stereocenters. The maximum absolute atomic E-state index is 11.4. The summed E-state index contributed by atoms with van der Waals surface area (Å²) in [7, 11) is 1.88. The summed E-state index contributed by atoms with van der Waals surface area (Å²) in [5, 5.41) is 3.29. The molecule has 0 spiro atoms. The van der Waals surface area contributed by atoms with E-state index in [1.807, 2.05) is 11.9 Å². The maximum atomic E-state index is 11.4. The van der Waals surface area contributed by atoms with Crippen molar-refractivity contribution in [2.75, 3.05) is 26.7 Å². The maximum Gasteiger partial charge on any atom is 0.358 e. The van der Waals surface area contributed by atoms with Crippen LogP contribution in [0.25, 0.3) is 0 Å². The first kappa shape index (κ1) is 15.6. The fourth-order valence-electron chi connectivity index (χ4n) is 1.17. The Morgan fingerprint density at radius 1 is 1.59 bits per heavy atom. The molecule has 0 radical (unpaired) electrons. The number of nitrogens with zero attached hydrogens (tertiary/aromatic N) is 2. The Hall–Kier alpha value is -1.36. The van der Waals surface area contributed by atoms with Gasteiger partial charge in [-0.25, -0.2) is 4.79 Å². The smallest absolute Gasteiger partial charge is 0.358 e. The fraction of sp³-hybridized carbons (Fsp3) is 0.667. The summed E-state index contributed by atoms with van der Waals surface area (Å²) in [4.78, 5) is 17.0. The van der Waals surface area contributed by atoms with Gasteiger partial charge in [0.2, 0.25) is 0 Å². The first-order valence-electron chi connectivity index (χ1n) is 5.80. The normalized spacial score (nSPS) is 11.5. The highest BCUT2D eigenvalue weighted by Gasteiger charge is 2.09. The molecule has 0 atom stereocenters. The van der Waals surface area contributed by atoms with Crippen molar-refractivity contribution in [2.24, 2.45) is 4.99 Å². The van der Waals surface area contributed by atoms with E-state index >= 15 is 0 Å². The molecular formula is C12H23N3O2. The molecule has 0 aromatic heterocycles. The highest BCUT2D eigenvalue weighted by atomic mass is 16.5. The largest absolute Gasteiger partial charge is 0.461 e. The minimum atomic E-state index is -0.439. The van der Waals surface area contributed by atoms with Gasteiger partial charge >= 0.3 is 5.97 Å². The van der Waals surface area contributed by atoms with Gasteiger partial charge in [0.1, 0.15) is 0 Å². The third kappa shape index (κ3) is 7.52. The third-order valence-corrected chi connectivity index (χ3v) is 2.01. The van der Waals surface area contributed by atoms with Crippen LogP contribution in [-0.4, -0.2) is 50.4 Å². The number of likely N-dealkylation sites (N-methyl/N-ethyl adjacent to an activating group) is 1. The zero-order valence-corrected chi connectivity index (χ0v) is 11.2. The molecule has 0 heterocycles. The lowest BCUT2D eigenvalue weighted by Crippen LogP contribution is -2.31. The van der Waals surface area contributed by atoms with Gasteiger partial charge in [-0.1, -0.05) is 13.8 Å². The summed E-state index contributed by atoms with van der Waals surface area (Å²) in [5.41, 5.74) is 0.235. The van der Waals surface area contributed by atoms with Gasteiger partial charge in [-0.2, -0.15) is 0 Å². The second-order valence-electron chi connectivity index (χ2n) is 3.98. The van der Waals surface area contributed by atoms with E-state index in [1.165, 1.54) is 0 Å². The van der Waals surface area contributed by atoms with Crippen LogP contribution in [0.4, 0.5) is 0 Å². The quantitative estimate of drug-likeness (QED) is 0.392. The molecule has 5 heteroatoms. The van der Waals surface area contributed by atoms with Gasteiger partial charge in [0.25, 0.3) is 0 Å². The molecule has 5 nitrogen and oxygen atoms in total. The average Bonchev–Trinajstić information content (AvgIpc) is 2.25. The number of hydrogen-bond donors (Lipinski definition) is 1. The number of carbonyl (C=O) groups is 1. The molecule has 0 aliphatic rings. The predicted octanol–water partition coefficient (Wildman–Crippen LogP) is 1.02. The zero-order chi connectivity index (χ0) is 13.3. The van der Waals surface area contributed by atoms with E-state index < -0.39 is 5.97 Å². The van der Waals surface area contributed by atoms with E-state index in [0.717, 1.165) is 13.1 Å². The van der Waals surface area contributed by atoms with Crippen LogP contribution in [0.15, 0.2) is 16.9 Å². The third-order valence-electron chi connectivity index (χ3n) is 2.01. The minimum Gasteiger partial charge on any atom is -0.461 e. The van der Waals surface area contributed by atoms with Crippen LogP contribution in [0, 0.1) is 0 Å². The Bertz CT molecular complexity index is 275. The molecule has 0 amide bonds. The van der Waals surface area contributed by atoms with Crippen molar-refractivity contribution < 1.29 is 9.53 Å². The van der Waals surface area contributed by atoms with Gasteiger partial charge in [0.15, 0.2) is 5.70 Å². The van der Waals surface area contributed by atoms with Crippen LogP contribution in [0.2, 0.25) is 0 Å². The summed E-state index contributed by atoms with van der Waals surface area (Å²) < 4.78 is 4.86. The summed E-state index contributed by atoms with van der Waals surface area (Å²) >= 11 is 0. The molecular weight excluding hydrogens is 218 g/mol. The summed E-state index contributed by atoms with van der Waals surface area (Å²) in [6, 6.07) is 0.453. The van der Waals surface area contributed by atoms with Crippen LogP contribution < -0.4 is 5.32 Å². The fourth-order valence-corrected chi connectivity index (χ4v) is 1.17. The Morgan fingerprint density at radius 2 is 2.24 bits per heavy atom. The van der Waals surface area contributed by atoms with Gasteiger partial charge < -0.3 is 15.0 Å². The molecule has 0 fully saturated rings. The van der Waals surface area contributed by atoms with Gasteiger partial charge in [-0.3, -0.25) is 4.99 Å². The van der Waals surface area contributed by atoms with Gasteiger partial charge in [0.05, 0.1) is 6.61 Å². The monoisotopic (exact) mass is 241 g/mol. The molecule has 1 N–H and O–H groups in total. The SMILES string of the molecule is C=N/C(=C\N(C)CCNC(C)C)C(=O)OCC. The van der Waals surface area contributed by atoms with Crippen LogP contribution >= 0.6 is 0 Å². The van der Waals surface area contributed by atoms with Gasteiger partial charge in [-0.15, -0.1) is 0 Å². The highest BCUT2D eigenvalue weighted by molar-refractivity contribution is 5.88. The average molecular weight is 241 g/mol. The number of rotatable bonds is 8. The van der Waals surface area contributed by atoms with Crippen LogP contribution in [-0.2, 0) is 9.53 Å². The summed E-state index contributed by atoms with van der Waals surface area (Å²) in [5.74, 6) is -0.439. The Kier molecular flexibility index (Phi) is 8.05. The molecule has 98 valence electrons. The lowest BCUT2D eigenvalue weighted by atomic mass is 10.4. The Balaban J connectivity index is 4.21. The number of esters is 1. The molecule has 0 saturated heterocycles. The highest BCUT2D eigenvalue weighted by Crippen LogP contribution is 2.01. The lowest BCUT2D eigenvalue weighted by Gasteiger charge is -2.16. The van der Waals surface area contributed by atoms with Crippen molar-refractivity contribution in [3.63, 3.8) is 0 Å². The summed E-state index contributed by atoms with van der Waals surface area (Å²) in [6.45, 7) is 11.3. The van der Waals surface area contributed by atoms with Crippen molar-refractivity contribution in [3.8, 4) is 0 Å². The van der Waals surface area contributed by atoms with Gasteiger partial charge in [0, 0.05) is 32.4 Å². The first-order valence-corrected chi connectivity index (χ1v) is 5.80. The standard InChI is InChI=1S/C12H23N3O2/c1-6-17-12(16)11(13-4)9-15(5)8-7-14-10(2)3/h9-10,14H,4,6-8H2,1-3,5H3/b11-9-. The molecule has 0 rings (SSSR count). The second kappa shape index (κ2) is 8.75. The van der Waals surface area contributed by atoms with E-state index in [-0.39, 0.29) is 5.70 Å². The topological polar surface area (TPSA) is 53.9 Å². The van der Waals surface area contributed by atoms with E-state index in [2.05, 4.69) is 30.9 Å². The minimum absolute atomic E-state index is 0.235. The number of ether oxygens (including phenoxy) is 1. The number of nitrogens with one attached hydrogen (secondary N) is 1. The molecule has 0 aliphatic heterocycles. The van der Waals surface area contributed by atoms with Crippen molar-refractivity contribution in [3.05, 3.63) is 11.9 Å². The molecule has 0 aromatic carbocycles. The zero-order valence-electron chi connectivity index (χ0n) is 11.2. The van der Waals surface area contributed by atoms with E-state index in [4.69, 9.17) is 4.74 Å². The number of aliphatic imine (C=N–C) groups is 1. The number of carbonyl (C=O) groups excluding carboxylic acids is 1. The first-order chi connectivity index (χ1) is 8.01. The lowest BCUT2D eigenvalue weighted by molar-refractivity contribution is -0.138. The molecule has 0 aromatic rings. The Morgan fingerprint density at radius 3 is 2.71 bits per heavy atom. The van der Waals surface area contributed by atoms with E-state index in [9.17, 15) is 4.79 Å².